The number of hydrogen-bond acceptors (Lipinski definition) is 8. The number of carboxylic acid groups (broad SMARTS) is 1. The third kappa shape index (κ3) is 3.53. The average Bonchev–Trinajstić information content (AvgIpc) is 3.29. The van der Waals surface area contributed by atoms with Crippen molar-refractivity contribution < 1.29 is 24.1 Å². The molecule has 2 aromatic rings. The monoisotopic (exact) mass is 382 g/mol. The number of rotatable bonds is 6. The number of nitrogens with zero attached hydrogens (tertiary/aromatic N) is 1. The number of hydrogen-bond donors (Lipinski definition) is 2. The first-order chi connectivity index (χ1) is 12.1. The first-order valence-corrected chi connectivity index (χ1v) is 9.30. The zero-order valence-electron chi connectivity index (χ0n) is 13.9. The molecule has 7 nitrogen and oxygen atoms in total. The summed E-state index contributed by atoms with van der Waals surface area (Å²) >= 11 is 3.06. The molecule has 0 saturated carbocycles. The van der Waals surface area contributed by atoms with Gasteiger partial charge in [-0.1, -0.05) is 0 Å². The Labute approximate surface area is 153 Å². The van der Waals surface area contributed by atoms with Crippen LogP contribution in [-0.4, -0.2) is 49.2 Å². The van der Waals surface area contributed by atoms with Gasteiger partial charge < -0.3 is 19.3 Å². The largest absolute Gasteiger partial charge is 0.493 e. The van der Waals surface area contributed by atoms with Crippen LogP contribution in [0.25, 0.3) is 10.4 Å². The molecule has 1 aliphatic rings. The van der Waals surface area contributed by atoms with Gasteiger partial charge in [-0.15, -0.1) is 23.1 Å². The highest BCUT2D eigenvalue weighted by molar-refractivity contribution is 7.99. The molecule has 1 aliphatic heterocycles. The smallest absolute Gasteiger partial charge is 0.321 e. The summed E-state index contributed by atoms with van der Waals surface area (Å²) in [4.78, 5) is 16.5. The van der Waals surface area contributed by atoms with Crippen molar-refractivity contribution in [3.8, 4) is 27.7 Å². The van der Waals surface area contributed by atoms with Crippen LogP contribution in [-0.2, 0) is 4.79 Å². The van der Waals surface area contributed by atoms with Gasteiger partial charge in [-0.05, 0) is 12.1 Å². The number of benzene rings is 1. The van der Waals surface area contributed by atoms with Crippen molar-refractivity contribution in [3.05, 3.63) is 23.3 Å². The number of ether oxygens (including phenoxy) is 3. The van der Waals surface area contributed by atoms with Gasteiger partial charge >= 0.3 is 5.97 Å². The molecule has 2 atom stereocenters. The van der Waals surface area contributed by atoms with Crippen molar-refractivity contribution in [2.75, 3.05) is 27.1 Å². The molecule has 134 valence electrons. The molecule has 2 heterocycles. The molecule has 0 spiro atoms. The predicted octanol–water partition coefficient (Wildman–Crippen LogP) is 2.62. The van der Waals surface area contributed by atoms with Crippen LogP contribution in [0.1, 0.15) is 10.4 Å². The van der Waals surface area contributed by atoms with Crippen molar-refractivity contribution in [3.63, 3.8) is 0 Å². The van der Waals surface area contributed by atoms with Gasteiger partial charge in [-0.3, -0.25) is 10.1 Å². The van der Waals surface area contributed by atoms with Crippen molar-refractivity contribution in [2.45, 2.75) is 11.4 Å². The van der Waals surface area contributed by atoms with Crippen LogP contribution >= 0.6 is 23.1 Å². The van der Waals surface area contributed by atoms with E-state index in [1.165, 1.54) is 11.3 Å². The number of carbonyl (C=O) groups is 1. The quantitative estimate of drug-likeness (QED) is 0.788. The van der Waals surface area contributed by atoms with E-state index >= 15 is 0 Å². The van der Waals surface area contributed by atoms with Crippen LogP contribution in [0.2, 0.25) is 0 Å². The zero-order chi connectivity index (χ0) is 18.0. The van der Waals surface area contributed by atoms with E-state index in [0.717, 1.165) is 15.4 Å². The lowest BCUT2D eigenvalue weighted by atomic mass is 10.1. The van der Waals surface area contributed by atoms with Crippen LogP contribution in [0.4, 0.5) is 0 Å². The molecule has 0 amide bonds. The minimum Gasteiger partial charge on any atom is -0.493 e. The first-order valence-electron chi connectivity index (χ1n) is 7.44. The summed E-state index contributed by atoms with van der Waals surface area (Å²) in [6, 6.07) is 3.20. The lowest BCUT2D eigenvalue weighted by molar-refractivity contribution is -0.138. The Morgan fingerprint density at radius 1 is 1.24 bits per heavy atom. The molecule has 1 saturated heterocycles. The molecule has 1 aromatic heterocycles. The van der Waals surface area contributed by atoms with Crippen LogP contribution in [0.5, 0.6) is 17.2 Å². The molecule has 1 aromatic carbocycles. The SMILES string of the molecule is COc1cc(-c2cnc(C3NC(C(=O)O)CS3)s2)cc(OC)c1OC. The topological polar surface area (TPSA) is 89.9 Å². The second-order valence-electron chi connectivity index (χ2n) is 5.25. The Balaban J connectivity index is 1.89. The molecule has 0 aliphatic carbocycles. The Morgan fingerprint density at radius 2 is 1.92 bits per heavy atom. The van der Waals surface area contributed by atoms with E-state index in [9.17, 15) is 4.79 Å². The van der Waals surface area contributed by atoms with E-state index in [4.69, 9.17) is 19.3 Å². The number of thiazole rings is 1. The maximum Gasteiger partial charge on any atom is 0.321 e. The Hall–Kier alpha value is -1.97. The molecule has 25 heavy (non-hydrogen) atoms. The van der Waals surface area contributed by atoms with Crippen LogP contribution in [0.3, 0.4) is 0 Å². The van der Waals surface area contributed by atoms with E-state index in [0.29, 0.717) is 23.0 Å². The highest BCUT2D eigenvalue weighted by Crippen LogP contribution is 2.43. The van der Waals surface area contributed by atoms with E-state index in [-0.39, 0.29) is 5.37 Å². The highest BCUT2D eigenvalue weighted by atomic mass is 32.2. The van der Waals surface area contributed by atoms with Gasteiger partial charge in [0.15, 0.2) is 11.5 Å². The normalized spacial score (nSPS) is 19.6. The van der Waals surface area contributed by atoms with E-state index < -0.39 is 12.0 Å². The summed E-state index contributed by atoms with van der Waals surface area (Å²) in [6.45, 7) is 0. The fourth-order valence-corrected chi connectivity index (χ4v) is 4.81. The number of thioether (sulfide) groups is 1. The first kappa shape index (κ1) is 17.8. The molecule has 9 heteroatoms. The summed E-state index contributed by atoms with van der Waals surface area (Å²) in [5, 5.41) is 12.9. The number of aliphatic carboxylic acids is 1. The van der Waals surface area contributed by atoms with Crippen molar-refractivity contribution in [1.29, 1.82) is 0 Å². The maximum atomic E-state index is 11.1. The summed E-state index contributed by atoms with van der Waals surface area (Å²) in [5.41, 5.74) is 0.899. The predicted molar refractivity (Wildman–Crippen MR) is 97.0 cm³/mol. The summed E-state index contributed by atoms with van der Waals surface area (Å²) in [7, 11) is 4.71. The van der Waals surface area contributed by atoms with Gasteiger partial charge in [0.25, 0.3) is 0 Å². The Kier molecular flexibility index (Phi) is 5.36. The lowest BCUT2D eigenvalue weighted by Gasteiger charge is -2.13. The van der Waals surface area contributed by atoms with E-state index in [1.54, 1.807) is 39.3 Å². The number of methoxy groups -OCH3 is 3. The molecular formula is C16H18N2O5S2. The maximum absolute atomic E-state index is 11.1. The standard InChI is InChI=1S/C16H18N2O5S2/c1-21-10-4-8(5-11(22-2)13(10)23-3)12-6-17-14(25-12)15-18-9(7-24-15)16(19)20/h4-6,9,15,18H,7H2,1-3H3,(H,19,20). The van der Waals surface area contributed by atoms with E-state index in [2.05, 4.69) is 10.3 Å². The average molecular weight is 382 g/mol. The minimum absolute atomic E-state index is 0.109. The van der Waals surface area contributed by atoms with Crippen LogP contribution in [0.15, 0.2) is 18.3 Å². The van der Waals surface area contributed by atoms with Gasteiger partial charge in [-0.2, -0.15) is 0 Å². The van der Waals surface area contributed by atoms with Crippen molar-refractivity contribution >= 4 is 29.1 Å². The van der Waals surface area contributed by atoms with Gasteiger partial charge in [0.1, 0.15) is 16.4 Å². The summed E-state index contributed by atoms with van der Waals surface area (Å²) < 4.78 is 16.1. The summed E-state index contributed by atoms with van der Waals surface area (Å²) in [5.74, 6) is 1.38. The van der Waals surface area contributed by atoms with Crippen molar-refractivity contribution in [2.24, 2.45) is 0 Å². The second kappa shape index (κ2) is 7.51. The fraction of sp³-hybridized carbons (Fsp3) is 0.375. The minimum atomic E-state index is -0.837. The third-order valence-electron chi connectivity index (χ3n) is 3.78. The zero-order valence-corrected chi connectivity index (χ0v) is 15.6. The summed E-state index contributed by atoms with van der Waals surface area (Å²) in [6.07, 6.45) is 1.77. The fourth-order valence-electron chi connectivity index (χ4n) is 2.52. The molecular weight excluding hydrogens is 364 g/mol. The van der Waals surface area contributed by atoms with Crippen LogP contribution < -0.4 is 19.5 Å². The number of aromatic nitrogens is 1. The van der Waals surface area contributed by atoms with Crippen molar-refractivity contribution in [1.82, 2.24) is 10.3 Å². The third-order valence-corrected chi connectivity index (χ3v) is 6.26. The second-order valence-corrected chi connectivity index (χ2v) is 7.45. The molecule has 3 rings (SSSR count). The highest BCUT2D eigenvalue weighted by Gasteiger charge is 2.32. The molecule has 0 bridgehead atoms. The molecule has 1 fully saturated rings. The Bertz CT molecular complexity index is 755. The number of carboxylic acids is 1. The van der Waals surface area contributed by atoms with Crippen LogP contribution in [0, 0.1) is 0 Å². The Morgan fingerprint density at radius 3 is 2.44 bits per heavy atom. The lowest BCUT2D eigenvalue weighted by Crippen LogP contribution is -2.33. The van der Waals surface area contributed by atoms with E-state index in [1.807, 2.05) is 12.1 Å². The van der Waals surface area contributed by atoms with Gasteiger partial charge in [0, 0.05) is 17.5 Å². The van der Waals surface area contributed by atoms with Gasteiger partial charge in [0.05, 0.1) is 26.2 Å². The van der Waals surface area contributed by atoms with Gasteiger partial charge in [0.2, 0.25) is 5.75 Å². The molecule has 2 unspecified atom stereocenters. The number of nitrogens with one attached hydrogen (secondary N) is 1. The van der Waals surface area contributed by atoms with Gasteiger partial charge in [-0.25, -0.2) is 4.98 Å². The molecule has 0 radical (unpaired) electrons. The molecule has 2 N–H and O–H groups in total.